The largest absolute Gasteiger partial charge is 0.335 e. The van der Waals surface area contributed by atoms with E-state index < -0.39 is 10.3 Å². The molecule has 26 heavy (non-hydrogen) atoms. The lowest BCUT2D eigenvalue weighted by molar-refractivity contribution is 0.336. The maximum Gasteiger partial charge on any atom is 0.335 e. The highest BCUT2D eigenvalue weighted by Crippen LogP contribution is 2.11. The number of rotatable bonds is 20. The van der Waals surface area contributed by atoms with Crippen molar-refractivity contribution in [1.29, 1.82) is 0 Å². The highest BCUT2D eigenvalue weighted by atomic mass is 32.2. The predicted octanol–water partition coefficient (Wildman–Crippen LogP) is 5.18. The fourth-order valence-electron chi connectivity index (χ4n) is 3.08. The molecule has 6 heteroatoms. The van der Waals surface area contributed by atoms with Gasteiger partial charge in [0.1, 0.15) is 0 Å². The molecule has 0 atom stereocenters. The first-order chi connectivity index (χ1) is 12.5. The monoisotopic (exact) mass is 392 g/mol. The zero-order chi connectivity index (χ0) is 19.5. The van der Waals surface area contributed by atoms with E-state index in [4.69, 9.17) is 0 Å². The molecule has 158 valence electrons. The SMILES string of the molecule is CCCCCCCCCCCCN(CCCCNCCCC)S(=O)(=O)O. The lowest BCUT2D eigenvalue weighted by Gasteiger charge is -2.18. The van der Waals surface area contributed by atoms with E-state index in [0.717, 1.165) is 45.2 Å². The Kier molecular flexibility index (Phi) is 18.1. The Hall–Kier alpha value is -0.170. The molecule has 0 aliphatic carbocycles. The Balaban J connectivity index is 3.66. The van der Waals surface area contributed by atoms with Gasteiger partial charge in [-0.1, -0.05) is 78.1 Å². The van der Waals surface area contributed by atoms with E-state index in [0.29, 0.717) is 13.1 Å². The minimum Gasteiger partial charge on any atom is -0.317 e. The van der Waals surface area contributed by atoms with Crippen LogP contribution in [0.2, 0.25) is 0 Å². The molecule has 0 saturated carbocycles. The molecule has 0 aromatic carbocycles. The van der Waals surface area contributed by atoms with Crippen LogP contribution in [0.25, 0.3) is 0 Å². The van der Waals surface area contributed by atoms with Gasteiger partial charge in [-0.3, -0.25) is 4.55 Å². The first kappa shape index (κ1) is 25.8. The molecule has 0 heterocycles. The van der Waals surface area contributed by atoms with Gasteiger partial charge in [0.05, 0.1) is 0 Å². The number of hydrogen-bond acceptors (Lipinski definition) is 3. The molecule has 0 radical (unpaired) electrons. The fourth-order valence-corrected chi connectivity index (χ4v) is 3.80. The van der Waals surface area contributed by atoms with Crippen LogP contribution in [0.5, 0.6) is 0 Å². The van der Waals surface area contributed by atoms with Crippen molar-refractivity contribution in [3.05, 3.63) is 0 Å². The first-order valence-corrected chi connectivity index (χ1v) is 12.3. The van der Waals surface area contributed by atoms with Crippen LogP contribution in [0.1, 0.15) is 104 Å². The molecule has 0 fully saturated rings. The fraction of sp³-hybridized carbons (Fsp3) is 1.00. The minimum atomic E-state index is -4.06. The molecule has 0 aliphatic heterocycles. The van der Waals surface area contributed by atoms with Gasteiger partial charge in [0.15, 0.2) is 0 Å². The molecule has 0 saturated heterocycles. The second kappa shape index (κ2) is 18.2. The van der Waals surface area contributed by atoms with Crippen LogP contribution in [0.4, 0.5) is 0 Å². The van der Waals surface area contributed by atoms with E-state index >= 15 is 0 Å². The molecule has 0 aromatic rings. The second-order valence-corrected chi connectivity index (χ2v) is 8.78. The molecule has 0 amide bonds. The minimum absolute atomic E-state index is 0.422. The summed E-state index contributed by atoms with van der Waals surface area (Å²) in [6.45, 7) is 7.21. The topological polar surface area (TPSA) is 69.6 Å². The molecular formula is C20H44N2O3S. The lowest BCUT2D eigenvalue weighted by Crippen LogP contribution is -2.32. The van der Waals surface area contributed by atoms with Crippen molar-refractivity contribution in [2.24, 2.45) is 0 Å². The second-order valence-electron chi connectivity index (χ2n) is 7.37. The molecule has 0 spiro atoms. The van der Waals surface area contributed by atoms with Crippen molar-refractivity contribution < 1.29 is 13.0 Å². The van der Waals surface area contributed by atoms with Crippen molar-refractivity contribution in [2.75, 3.05) is 26.2 Å². The quantitative estimate of drug-likeness (QED) is 0.221. The molecule has 0 rings (SSSR count). The number of hydrogen-bond donors (Lipinski definition) is 2. The smallest absolute Gasteiger partial charge is 0.317 e. The summed E-state index contributed by atoms with van der Waals surface area (Å²) in [6, 6.07) is 0. The van der Waals surface area contributed by atoms with Crippen LogP contribution in [0.15, 0.2) is 0 Å². The van der Waals surface area contributed by atoms with E-state index in [9.17, 15) is 13.0 Å². The summed E-state index contributed by atoms with van der Waals surface area (Å²) >= 11 is 0. The summed E-state index contributed by atoms with van der Waals surface area (Å²) in [7, 11) is -4.06. The number of nitrogens with zero attached hydrogens (tertiary/aromatic N) is 1. The van der Waals surface area contributed by atoms with Crippen LogP contribution in [0.3, 0.4) is 0 Å². The first-order valence-electron chi connectivity index (χ1n) is 11.0. The summed E-state index contributed by atoms with van der Waals surface area (Å²) in [4.78, 5) is 0. The Morgan fingerprint density at radius 1 is 0.654 bits per heavy atom. The van der Waals surface area contributed by atoms with Gasteiger partial charge in [-0.2, -0.15) is 12.7 Å². The van der Waals surface area contributed by atoms with Gasteiger partial charge in [-0.15, -0.1) is 0 Å². The van der Waals surface area contributed by atoms with E-state index in [1.54, 1.807) is 0 Å². The number of unbranched alkanes of at least 4 members (excludes halogenated alkanes) is 11. The van der Waals surface area contributed by atoms with Gasteiger partial charge in [0.25, 0.3) is 0 Å². The van der Waals surface area contributed by atoms with Gasteiger partial charge < -0.3 is 5.32 Å². The van der Waals surface area contributed by atoms with E-state index in [1.165, 1.54) is 62.1 Å². The molecule has 0 aromatic heterocycles. The van der Waals surface area contributed by atoms with Crippen molar-refractivity contribution in [2.45, 2.75) is 104 Å². The highest BCUT2D eigenvalue weighted by Gasteiger charge is 2.17. The van der Waals surface area contributed by atoms with Gasteiger partial charge in [-0.25, -0.2) is 0 Å². The molecule has 5 nitrogen and oxygen atoms in total. The maximum atomic E-state index is 11.5. The Bertz CT molecular complexity index is 389. The molecule has 2 N–H and O–H groups in total. The van der Waals surface area contributed by atoms with Crippen molar-refractivity contribution in [1.82, 2.24) is 9.62 Å². The summed E-state index contributed by atoms with van der Waals surface area (Å²) in [5.74, 6) is 0. The van der Waals surface area contributed by atoms with E-state index in [1.807, 2.05) is 0 Å². The maximum absolute atomic E-state index is 11.5. The Morgan fingerprint density at radius 2 is 1.08 bits per heavy atom. The van der Waals surface area contributed by atoms with Gasteiger partial charge in [0, 0.05) is 13.1 Å². The third kappa shape index (κ3) is 17.3. The molecule has 0 unspecified atom stereocenters. The average Bonchev–Trinajstić information content (AvgIpc) is 2.59. The number of nitrogens with one attached hydrogen (secondary N) is 1. The zero-order valence-electron chi connectivity index (χ0n) is 17.3. The predicted molar refractivity (Wildman–Crippen MR) is 112 cm³/mol. The van der Waals surface area contributed by atoms with Gasteiger partial charge >= 0.3 is 10.3 Å². The Labute approximate surface area is 163 Å². The third-order valence-corrected chi connectivity index (χ3v) is 5.82. The van der Waals surface area contributed by atoms with Crippen LogP contribution in [0, 0.1) is 0 Å². The van der Waals surface area contributed by atoms with Crippen molar-refractivity contribution >= 4 is 10.3 Å². The summed E-state index contributed by atoms with van der Waals surface area (Å²) in [5, 5.41) is 3.36. The molecular weight excluding hydrogens is 348 g/mol. The summed E-state index contributed by atoms with van der Waals surface area (Å²) < 4.78 is 33.6. The standard InChI is InChI=1S/C20H44N2O3S/c1-3-5-7-8-9-10-11-12-13-15-19-22(26(23,24)25)20-16-14-18-21-17-6-4-2/h21H,3-20H2,1-2H3,(H,23,24,25). The Morgan fingerprint density at radius 3 is 1.58 bits per heavy atom. The van der Waals surface area contributed by atoms with Crippen molar-refractivity contribution in [3.63, 3.8) is 0 Å². The van der Waals surface area contributed by atoms with Gasteiger partial charge in [-0.05, 0) is 38.8 Å². The molecule has 0 aliphatic rings. The average molecular weight is 393 g/mol. The van der Waals surface area contributed by atoms with Crippen LogP contribution in [-0.4, -0.2) is 43.5 Å². The normalized spacial score (nSPS) is 12.2. The van der Waals surface area contributed by atoms with E-state index in [-0.39, 0.29) is 0 Å². The summed E-state index contributed by atoms with van der Waals surface area (Å²) in [5.41, 5.74) is 0. The lowest BCUT2D eigenvalue weighted by atomic mass is 10.1. The van der Waals surface area contributed by atoms with E-state index in [2.05, 4.69) is 19.2 Å². The zero-order valence-corrected chi connectivity index (χ0v) is 18.2. The van der Waals surface area contributed by atoms with Crippen molar-refractivity contribution in [3.8, 4) is 0 Å². The molecule has 0 bridgehead atoms. The van der Waals surface area contributed by atoms with Crippen LogP contribution >= 0.6 is 0 Å². The third-order valence-electron chi connectivity index (χ3n) is 4.81. The van der Waals surface area contributed by atoms with Crippen LogP contribution in [-0.2, 0) is 10.3 Å². The van der Waals surface area contributed by atoms with Gasteiger partial charge in [0.2, 0.25) is 0 Å². The van der Waals surface area contributed by atoms with Crippen LogP contribution < -0.4 is 5.32 Å². The highest BCUT2D eigenvalue weighted by molar-refractivity contribution is 7.83. The summed E-state index contributed by atoms with van der Waals surface area (Å²) in [6.07, 6.45) is 16.3.